The molecule has 0 radical (unpaired) electrons. The van der Waals surface area contributed by atoms with E-state index in [4.69, 9.17) is 0 Å². The first kappa shape index (κ1) is 17.1. The highest BCUT2D eigenvalue weighted by atomic mass is 32.2. The molecule has 7 heteroatoms. The fourth-order valence-electron chi connectivity index (χ4n) is 2.03. The van der Waals surface area contributed by atoms with Gasteiger partial charge in [0.05, 0.1) is 6.26 Å². The van der Waals surface area contributed by atoms with Gasteiger partial charge in [0.15, 0.2) is 0 Å². The zero-order valence-corrected chi connectivity index (χ0v) is 13.7. The lowest BCUT2D eigenvalue weighted by Crippen LogP contribution is -2.32. The van der Waals surface area contributed by atoms with Crippen molar-refractivity contribution in [3.8, 4) is 0 Å². The van der Waals surface area contributed by atoms with Crippen LogP contribution in [0.3, 0.4) is 0 Å². The van der Waals surface area contributed by atoms with Crippen LogP contribution in [0.15, 0.2) is 54.9 Å². The second-order valence-electron chi connectivity index (χ2n) is 5.12. The lowest BCUT2D eigenvalue weighted by Gasteiger charge is -2.19. The van der Waals surface area contributed by atoms with Crippen LogP contribution in [0.25, 0.3) is 0 Å². The van der Waals surface area contributed by atoms with Gasteiger partial charge in [-0.05, 0) is 23.8 Å². The number of benzene rings is 1. The summed E-state index contributed by atoms with van der Waals surface area (Å²) in [6, 6.07) is 12.6. The Kier molecular flexibility index (Phi) is 5.84. The maximum Gasteiger partial charge on any atom is 0.225 e. The van der Waals surface area contributed by atoms with Crippen molar-refractivity contribution < 1.29 is 13.2 Å². The minimum atomic E-state index is -3.41. The molecular weight excluding hydrogens is 314 g/mol. The quantitative estimate of drug-likeness (QED) is 0.839. The highest BCUT2D eigenvalue weighted by Gasteiger charge is 2.18. The first-order valence-electron chi connectivity index (χ1n) is 7.14. The topological polar surface area (TPSA) is 79.4 Å². The molecule has 2 rings (SSSR count). The summed E-state index contributed by atoms with van der Waals surface area (Å²) in [5, 5.41) is 2.74. The van der Waals surface area contributed by atoms with Gasteiger partial charge in [-0.2, -0.15) is 4.31 Å². The number of para-hydroxylation sites is 1. The number of pyridine rings is 1. The van der Waals surface area contributed by atoms with Crippen LogP contribution in [0.5, 0.6) is 0 Å². The average molecular weight is 333 g/mol. The zero-order valence-electron chi connectivity index (χ0n) is 12.8. The summed E-state index contributed by atoms with van der Waals surface area (Å²) in [6.07, 6.45) is 4.46. The molecule has 122 valence electrons. The van der Waals surface area contributed by atoms with E-state index in [0.717, 1.165) is 11.8 Å². The molecular formula is C16H19N3O3S. The number of nitrogens with one attached hydrogen (secondary N) is 1. The highest BCUT2D eigenvalue weighted by Crippen LogP contribution is 2.10. The molecule has 0 aliphatic rings. The van der Waals surface area contributed by atoms with Crippen LogP contribution in [-0.2, 0) is 21.4 Å². The van der Waals surface area contributed by atoms with Crippen LogP contribution in [0.1, 0.15) is 12.0 Å². The highest BCUT2D eigenvalue weighted by molar-refractivity contribution is 7.88. The summed E-state index contributed by atoms with van der Waals surface area (Å²) in [5.41, 5.74) is 1.47. The molecule has 6 nitrogen and oxygen atoms in total. The number of rotatable bonds is 7. The summed E-state index contributed by atoms with van der Waals surface area (Å²) in [7, 11) is -3.41. The Morgan fingerprint density at radius 3 is 2.52 bits per heavy atom. The van der Waals surface area contributed by atoms with Gasteiger partial charge in [0, 0.05) is 37.6 Å². The van der Waals surface area contributed by atoms with Gasteiger partial charge in [0.1, 0.15) is 0 Å². The lowest BCUT2D eigenvalue weighted by atomic mass is 10.3. The maximum absolute atomic E-state index is 12.0. The standard InChI is InChI=1S/C16H19N3O3S/c1-23(21,22)19(13-14-6-5-10-17-12-14)11-9-16(20)18-15-7-3-2-4-8-15/h2-8,10,12H,9,11,13H2,1H3,(H,18,20). The van der Waals surface area contributed by atoms with Crippen LogP contribution < -0.4 is 5.32 Å². The van der Waals surface area contributed by atoms with Crippen molar-refractivity contribution >= 4 is 21.6 Å². The first-order chi connectivity index (χ1) is 10.9. The molecule has 1 N–H and O–H groups in total. The molecule has 0 bridgehead atoms. The summed E-state index contributed by atoms with van der Waals surface area (Å²) >= 11 is 0. The summed E-state index contributed by atoms with van der Waals surface area (Å²) in [4.78, 5) is 15.9. The molecule has 1 aromatic carbocycles. The van der Waals surface area contributed by atoms with Crippen LogP contribution in [0, 0.1) is 0 Å². The Labute approximate surface area is 136 Å². The van der Waals surface area contributed by atoms with Crippen molar-refractivity contribution in [1.29, 1.82) is 0 Å². The molecule has 1 amide bonds. The van der Waals surface area contributed by atoms with Gasteiger partial charge in [-0.25, -0.2) is 8.42 Å². The molecule has 0 unspecified atom stereocenters. The molecule has 0 saturated heterocycles. The zero-order chi connectivity index (χ0) is 16.7. The lowest BCUT2D eigenvalue weighted by molar-refractivity contribution is -0.116. The van der Waals surface area contributed by atoms with Crippen LogP contribution in [0.4, 0.5) is 5.69 Å². The predicted octanol–water partition coefficient (Wildman–Crippen LogP) is 1.87. The van der Waals surface area contributed by atoms with Crippen molar-refractivity contribution in [2.45, 2.75) is 13.0 Å². The number of aromatic nitrogens is 1. The van der Waals surface area contributed by atoms with Crippen molar-refractivity contribution in [1.82, 2.24) is 9.29 Å². The van der Waals surface area contributed by atoms with E-state index in [0.29, 0.717) is 5.69 Å². The van der Waals surface area contributed by atoms with Crippen LogP contribution in [0.2, 0.25) is 0 Å². The first-order valence-corrected chi connectivity index (χ1v) is 8.99. The van der Waals surface area contributed by atoms with E-state index in [1.165, 1.54) is 4.31 Å². The molecule has 0 aliphatic heterocycles. The van der Waals surface area contributed by atoms with Gasteiger partial charge < -0.3 is 5.32 Å². The Hall–Kier alpha value is -2.25. The molecule has 1 heterocycles. The second kappa shape index (κ2) is 7.85. The van der Waals surface area contributed by atoms with Gasteiger partial charge in [0.25, 0.3) is 0 Å². The van der Waals surface area contributed by atoms with Crippen molar-refractivity contribution in [2.75, 3.05) is 18.1 Å². The smallest absolute Gasteiger partial charge is 0.225 e. The minimum absolute atomic E-state index is 0.0855. The summed E-state index contributed by atoms with van der Waals surface area (Å²) in [6.45, 7) is 0.317. The molecule has 0 aliphatic carbocycles. The Morgan fingerprint density at radius 1 is 1.17 bits per heavy atom. The summed E-state index contributed by atoms with van der Waals surface area (Å²) < 4.78 is 25.0. The normalized spacial score (nSPS) is 11.4. The SMILES string of the molecule is CS(=O)(=O)N(CCC(=O)Nc1ccccc1)Cc1cccnc1. The largest absolute Gasteiger partial charge is 0.326 e. The van der Waals surface area contributed by atoms with Gasteiger partial charge in [-0.15, -0.1) is 0 Å². The Bertz CT molecular complexity index is 734. The fourth-order valence-corrected chi connectivity index (χ4v) is 2.84. The molecule has 23 heavy (non-hydrogen) atoms. The fraction of sp³-hybridized carbons (Fsp3) is 0.250. The number of carbonyl (C=O) groups is 1. The molecule has 0 atom stereocenters. The van der Waals surface area contributed by atoms with E-state index in [1.54, 1.807) is 36.7 Å². The number of nitrogens with zero attached hydrogens (tertiary/aromatic N) is 2. The minimum Gasteiger partial charge on any atom is -0.326 e. The summed E-state index contributed by atoms with van der Waals surface area (Å²) in [5.74, 6) is -0.226. The van der Waals surface area contributed by atoms with Crippen molar-refractivity contribution in [3.63, 3.8) is 0 Å². The predicted molar refractivity (Wildman–Crippen MR) is 89.2 cm³/mol. The number of hydrogen-bond donors (Lipinski definition) is 1. The van der Waals surface area contributed by atoms with Crippen LogP contribution >= 0.6 is 0 Å². The maximum atomic E-state index is 12.0. The van der Waals surface area contributed by atoms with E-state index in [-0.39, 0.29) is 25.4 Å². The van der Waals surface area contributed by atoms with E-state index in [1.807, 2.05) is 18.2 Å². The number of anilines is 1. The van der Waals surface area contributed by atoms with Crippen molar-refractivity contribution in [3.05, 3.63) is 60.4 Å². The average Bonchev–Trinajstić information content (AvgIpc) is 2.52. The third kappa shape index (κ3) is 5.80. The third-order valence-electron chi connectivity index (χ3n) is 3.20. The van der Waals surface area contributed by atoms with Gasteiger partial charge in [-0.1, -0.05) is 24.3 Å². The number of sulfonamides is 1. The van der Waals surface area contributed by atoms with Gasteiger partial charge in [0.2, 0.25) is 15.9 Å². The van der Waals surface area contributed by atoms with E-state index in [9.17, 15) is 13.2 Å². The Balaban J connectivity index is 1.95. The Morgan fingerprint density at radius 2 is 1.91 bits per heavy atom. The monoisotopic (exact) mass is 333 g/mol. The molecule has 0 saturated carbocycles. The van der Waals surface area contributed by atoms with Crippen molar-refractivity contribution in [2.24, 2.45) is 0 Å². The molecule has 0 spiro atoms. The van der Waals surface area contributed by atoms with Gasteiger partial charge >= 0.3 is 0 Å². The van der Waals surface area contributed by atoms with Gasteiger partial charge in [-0.3, -0.25) is 9.78 Å². The molecule has 1 aromatic heterocycles. The van der Waals surface area contributed by atoms with E-state index in [2.05, 4.69) is 10.3 Å². The molecule has 2 aromatic rings. The second-order valence-corrected chi connectivity index (χ2v) is 7.10. The number of hydrogen-bond acceptors (Lipinski definition) is 4. The number of amides is 1. The number of carbonyl (C=O) groups excluding carboxylic acids is 1. The van der Waals surface area contributed by atoms with Crippen LogP contribution in [-0.4, -0.2) is 36.4 Å². The van der Waals surface area contributed by atoms with E-state index >= 15 is 0 Å². The third-order valence-corrected chi connectivity index (χ3v) is 4.45. The van der Waals surface area contributed by atoms with E-state index < -0.39 is 10.0 Å². The molecule has 0 fully saturated rings.